The molecule has 3 aromatic carbocycles. The number of thiocarbonyl (C=S) groups is 1. The van der Waals surface area contributed by atoms with E-state index in [1.807, 2.05) is 86.7 Å². The predicted molar refractivity (Wildman–Crippen MR) is 134 cm³/mol. The number of hydrogen-bond acceptors (Lipinski definition) is 4. The average Bonchev–Trinajstić information content (AvgIpc) is 3.03. The van der Waals surface area contributed by atoms with E-state index in [4.69, 9.17) is 28.6 Å². The summed E-state index contributed by atoms with van der Waals surface area (Å²) >= 11 is 12.7. The number of thioether (sulfide) groups is 1. The van der Waals surface area contributed by atoms with Gasteiger partial charge in [0.1, 0.15) is 12.4 Å². The van der Waals surface area contributed by atoms with Gasteiger partial charge in [0.2, 0.25) is 0 Å². The summed E-state index contributed by atoms with van der Waals surface area (Å²) in [6, 6.07) is 21.3. The molecule has 4 rings (SSSR count). The second-order valence-electron chi connectivity index (χ2n) is 7.29. The van der Waals surface area contributed by atoms with E-state index in [2.05, 4.69) is 0 Å². The number of nitrogens with zero attached hydrogens (tertiary/aromatic N) is 1. The SMILES string of the molecule is Cc1ccc(C)c(N2C(=O)/C(=C/c3ccc(OCc4ccc(Cl)cc4)cc3)SC2=S)c1. The van der Waals surface area contributed by atoms with Crippen LogP contribution in [0, 0.1) is 13.8 Å². The maximum atomic E-state index is 13.0. The molecule has 1 saturated heterocycles. The molecule has 1 aliphatic heterocycles. The summed E-state index contributed by atoms with van der Waals surface area (Å²) in [6.45, 7) is 4.46. The molecule has 0 spiro atoms. The third-order valence-electron chi connectivity index (χ3n) is 4.90. The third-order valence-corrected chi connectivity index (χ3v) is 6.45. The van der Waals surface area contributed by atoms with Crippen LogP contribution in [0.2, 0.25) is 5.02 Å². The van der Waals surface area contributed by atoms with E-state index < -0.39 is 0 Å². The fraction of sp³-hybridized carbons (Fsp3) is 0.120. The summed E-state index contributed by atoms with van der Waals surface area (Å²) in [5.74, 6) is 0.668. The monoisotopic (exact) mass is 465 g/mol. The van der Waals surface area contributed by atoms with Gasteiger partial charge in [-0.2, -0.15) is 0 Å². The number of rotatable bonds is 5. The predicted octanol–water partition coefficient (Wildman–Crippen LogP) is 6.94. The smallest absolute Gasteiger partial charge is 0.270 e. The number of ether oxygens (including phenoxy) is 1. The minimum atomic E-state index is -0.0910. The molecule has 3 nitrogen and oxygen atoms in total. The zero-order valence-corrected chi connectivity index (χ0v) is 19.5. The fourth-order valence-electron chi connectivity index (χ4n) is 3.19. The van der Waals surface area contributed by atoms with Gasteiger partial charge in [-0.05, 0) is 72.5 Å². The van der Waals surface area contributed by atoms with E-state index >= 15 is 0 Å². The molecule has 1 heterocycles. The first-order valence-electron chi connectivity index (χ1n) is 9.73. The van der Waals surface area contributed by atoms with Gasteiger partial charge in [-0.1, -0.05) is 72.0 Å². The lowest BCUT2D eigenvalue weighted by atomic mass is 10.1. The Balaban J connectivity index is 1.47. The van der Waals surface area contributed by atoms with Gasteiger partial charge in [-0.15, -0.1) is 0 Å². The zero-order chi connectivity index (χ0) is 22.0. The molecule has 0 aliphatic carbocycles. The Morgan fingerprint density at radius 3 is 2.45 bits per heavy atom. The number of carbonyl (C=O) groups is 1. The summed E-state index contributed by atoms with van der Waals surface area (Å²) in [6.07, 6.45) is 1.87. The summed E-state index contributed by atoms with van der Waals surface area (Å²) < 4.78 is 6.38. The number of halogens is 1. The normalized spacial score (nSPS) is 15.1. The first-order chi connectivity index (χ1) is 14.9. The third kappa shape index (κ3) is 5.01. The fourth-order valence-corrected chi connectivity index (χ4v) is 4.61. The Morgan fingerprint density at radius 1 is 1.03 bits per heavy atom. The lowest BCUT2D eigenvalue weighted by Crippen LogP contribution is -2.28. The zero-order valence-electron chi connectivity index (χ0n) is 17.1. The van der Waals surface area contributed by atoms with Crippen LogP contribution < -0.4 is 9.64 Å². The van der Waals surface area contributed by atoms with Crippen molar-refractivity contribution in [2.45, 2.75) is 20.5 Å². The maximum Gasteiger partial charge on any atom is 0.270 e. The molecular formula is C25H20ClNO2S2. The van der Waals surface area contributed by atoms with Gasteiger partial charge in [-0.3, -0.25) is 9.69 Å². The quantitative estimate of drug-likeness (QED) is 0.301. The Kier molecular flexibility index (Phi) is 6.46. The molecule has 0 N–H and O–H groups in total. The Hall–Kier alpha value is -2.60. The summed E-state index contributed by atoms with van der Waals surface area (Å²) in [7, 11) is 0. The van der Waals surface area contributed by atoms with Crippen molar-refractivity contribution < 1.29 is 9.53 Å². The lowest BCUT2D eigenvalue weighted by Gasteiger charge is -2.17. The highest BCUT2D eigenvalue weighted by Gasteiger charge is 2.34. The van der Waals surface area contributed by atoms with Crippen molar-refractivity contribution >= 4 is 57.6 Å². The van der Waals surface area contributed by atoms with Gasteiger partial charge < -0.3 is 4.74 Å². The van der Waals surface area contributed by atoms with E-state index in [1.54, 1.807) is 4.90 Å². The van der Waals surface area contributed by atoms with Crippen LogP contribution in [-0.2, 0) is 11.4 Å². The van der Waals surface area contributed by atoms with Crippen molar-refractivity contribution in [1.29, 1.82) is 0 Å². The molecule has 0 unspecified atom stereocenters. The van der Waals surface area contributed by atoms with Gasteiger partial charge in [0.05, 0.1) is 10.6 Å². The molecule has 0 saturated carbocycles. The summed E-state index contributed by atoms with van der Waals surface area (Å²) in [4.78, 5) is 15.3. The average molecular weight is 466 g/mol. The van der Waals surface area contributed by atoms with Crippen molar-refractivity contribution in [3.8, 4) is 5.75 Å². The van der Waals surface area contributed by atoms with Gasteiger partial charge in [-0.25, -0.2) is 0 Å². The van der Waals surface area contributed by atoms with E-state index in [9.17, 15) is 4.79 Å². The first kappa shape index (κ1) is 21.6. The van der Waals surface area contributed by atoms with Crippen molar-refractivity contribution in [1.82, 2.24) is 0 Å². The maximum absolute atomic E-state index is 13.0. The summed E-state index contributed by atoms with van der Waals surface area (Å²) in [5.41, 5.74) is 4.92. The number of anilines is 1. The van der Waals surface area contributed by atoms with Crippen molar-refractivity contribution in [3.63, 3.8) is 0 Å². The van der Waals surface area contributed by atoms with Crippen LogP contribution in [0.25, 0.3) is 6.08 Å². The van der Waals surface area contributed by atoms with E-state index in [0.717, 1.165) is 33.7 Å². The van der Waals surface area contributed by atoms with E-state index in [1.165, 1.54) is 11.8 Å². The van der Waals surface area contributed by atoms with Crippen LogP contribution in [-0.4, -0.2) is 10.2 Å². The number of hydrogen-bond donors (Lipinski definition) is 0. The number of amides is 1. The highest BCUT2D eigenvalue weighted by molar-refractivity contribution is 8.27. The standard InChI is InChI=1S/C25H20ClNO2S2/c1-16-3-4-17(2)22(13-16)27-24(28)23(31-25(27)30)14-18-7-11-21(12-8-18)29-15-19-5-9-20(26)10-6-19/h3-14H,15H2,1-2H3/b23-14-. The lowest BCUT2D eigenvalue weighted by molar-refractivity contribution is -0.113. The van der Waals surface area contributed by atoms with Crippen molar-refractivity contribution in [2.24, 2.45) is 0 Å². The molecule has 31 heavy (non-hydrogen) atoms. The van der Waals surface area contributed by atoms with Crippen LogP contribution in [0.3, 0.4) is 0 Å². The first-order valence-corrected chi connectivity index (χ1v) is 11.3. The molecule has 1 aliphatic rings. The molecular weight excluding hydrogens is 446 g/mol. The van der Waals surface area contributed by atoms with E-state index in [0.29, 0.717) is 20.9 Å². The van der Waals surface area contributed by atoms with Gasteiger partial charge >= 0.3 is 0 Å². The second kappa shape index (κ2) is 9.27. The van der Waals surface area contributed by atoms with Gasteiger partial charge in [0, 0.05) is 5.02 Å². The van der Waals surface area contributed by atoms with Gasteiger partial charge in [0.15, 0.2) is 4.32 Å². The Morgan fingerprint density at radius 2 is 1.74 bits per heavy atom. The number of aryl methyl sites for hydroxylation is 2. The Bertz CT molecular complexity index is 1170. The van der Waals surface area contributed by atoms with Crippen molar-refractivity contribution in [2.75, 3.05) is 4.90 Å². The van der Waals surface area contributed by atoms with Crippen LogP contribution in [0.15, 0.2) is 71.6 Å². The van der Waals surface area contributed by atoms with Crippen molar-refractivity contribution in [3.05, 3.63) is 98.9 Å². The number of carbonyl (C=O) groups excluding carboxylic acids is 1. The molecule has 6 heteroatoms. The number of benzene rings is 3. The summed E-state index contributed by atoms with van der Waals surface area (Å²) in [5, 5.41) is 0.705. The molecule has 3 aromatic rings. The van der Waals surface area contributed by atoms with Crippen LogP contribution in [0.4, 0.5) is 5.69 Å². The van der Waals surface area contributed by atoms with Gasteiger partial charge in [0.25, 0.3) is 5.91 Å². The minimum Gasteiger partial charge on any atom is -0.489 e. The molecule has 1 fully saturated rings. The second-order valence-corrected chi connectivity index (χ2v) is 9.40. The largest absolute Gasteiger partial charge is 0.489 e. The highest BCUT2D eigenvalue weighted by Crippen LogP contribution is 2.37. The Labute approximate surface area is 196 Å². The molecule has 156 valence electrons. The highest BCUT2D eigenvalue weighted by atomic mass is 35.5. The molecule has 0 aromatic heterocycles. The molecule has 0 bridgehead atoms. The minimum absolute atomic E-state index is 0.0910. The van der Waals surface area contributed by atoms with Crippen LogP contribution >= 0.6 is 35.6 Å². The molecule has 0 atom stereocenters. The molecule has 0 radical (unpaired) electrons. The topological polar surface area (TPSA) is 29.5 Å². The van der Waals surface area contributed by atoms with E-state index in [-0.39, 0.29) is 5.91 Å². The molecule has 1 amide bonds. The van der Waals surface area contributed by atoms with Crippen LogP contribution in [0.1, 0.15) is 22.3 Å². The van der Waals surface area contributed by atoms with Crippen LogP contribution in [0.5, 0.6) is 5.75 Å².